The Hall–Kier alpha value is -1.15. The van der Waals surface area contributed by atoms with E-state index < -0.39 is 5.97 Å². The summed E-state index contributed by atoms with van der Waals surface area (Å²) in [5.41, 5.74) is 0.530. The maximum absolute atomic E-state index is 12.1. The first-order chi connectivity index (χ1) is 10.1. The van der Waals surface area contributed by atoms with Gasteiger partial charge in [0, 0.05) is 19.1 Å². The fraction of sp³-hybridized carbons (Fsp3) is 0.571. The number of ether oxygens (including phenoxy) is 1. The number of likely N-dealkylation sites (tertiary alicyclic amines) is 1. The van der Waals surface area contributed by atoms with E-state index in [1.165, 1.54) is 18.4 Å². The number of halogens is 1. The van der Waals surface area contributed by atoms with E-state index in [1.807, 2.05) is 7.05 Å². The Morgan fingerprint density at radius 1 is 1.41 bits per heavy atom. The van der Waals surface area contributed by atoms with Crippen LogP contribution in [0.3, 0.4) is 0 Å². The van der Waals surface area contributed by atoms with Gasteiger partial charge in [0.2, 0.25) is 5.91 Å². The van der Waals surface area contributed by atoms with Crippen LogP contribution in [0.15, 0.2) is 11.4 Å². The average Bonchev–Trinajstić information content (AvgIpc) is 2.95. The second kappa shape index (κ2) is 9.09. The molecule has 1 aliphatic heterocycles. The molecule has 0 aliphatic carbocycles. The molecule has 0 atom stereocenters. The van der Waals surface area contributed by atoms with Crippen molar-refractivity contribution in [3.05, 3.63) is 16.3 Å². The van der Waals surface area contributed by atoms with Gasteiger partial charge in [-0.15, -0.1) is 23.7 Å². The summed E-state index contributed by atoms with van der Waals surface area (Å²) in [5, 5.41) is 7.82. The van der Waals surface area contributed by atoms with Gasteiger partial charge in [0.1, 0.15) is 4.88 Å². The first-order valence-corrected chi connectivity index (χ1v) is 7.87. The molecule has 0 spiro atoms. The van der Waals surface area contributed by atoms with Crippen LogP contribution in [0.1, 0.15) is 22.5 Å². The van der Waals surface area contributed by atoms with Crippen molar-refractivity contribution < 1.29 is 14.3 Å². The highest BCUT2D eigenvalue weighted by molar-refractivity contribution is 7.12. The van der Waals surface area contributed by atoms with Gasteiger partial charge in [-0.3, -0.25) is 9.69 Å². The van der Waals surface area contributed by atoms with E-state index in [0.717, 1.165) is 25.9 Å². The second-order valence-electron chi connectivity index (χ2n) is 5.04. The molecule has 124 valence electrons. The molecule has 1 saturated heterocycles. The van der Waals surface area contributed by atoms with Gasteiger partial charge in [-0.25, -0.2) is 4.79 Å². The second-order valence-corrected chi connectivity index (χ2v) is 5.96. The fourth-order valence-electron chi connectivity index (χ4n) is 2.43. The number of amides is 1. The topological polar surface area (TPSA) is 70.7 Å². The monoisotopic (exact) mass is 347 g/mol. The molecule has 0 radical (unpaired) electrons. The van der Waals surface area contributed by atoms with Crippen LogP contribution in [0.25, 0.3) is 0 Å². The van der Waals surface area contributed by atoms with Crippen LogP contribution >= 0.6 is 23.7 Å². The molecule has 1 aliphatic rings. The van der Waals surface area contributed by atoms with Crippen molar-refractivity contribution in [3.63, 3.8) is 0 Å². The van der Waals surface area contributed by atoms with Gasteiger partial charge in [0.25, 0.3) is 0 Å². The zero-order valence-electron chi connectivity index (χ0n) is 12.8. The summed E-state index contributed by atoms with van der Waals surface area (Å²) in [7, 11) is 3.30. The van der Waals surface area contributed by atoms with Gasteiger partial charge in [0.05, 0.1) is 19.3 Å². The SMILES string of the molecule is CNC1CCN(CC(=O)Nc2ccsc2C(=O)OC)CC1.Cl. The van der Waals surface area contributed by atoms with Crippen molar-refractivity contribution >= 4 is 41.3 Å². The molecule has 1 aromatic rings. The van der Waals surface area contributed by atoms with Gasteiger partial charge in [-0.05, 0) is 31.3 Å². The highest BCUT2D eigenvalue weighted by Gasteiger charge is 2.21. The Morgan fingerprint density at radius 2 is 2.09 bits per heavy atom. The van der Waals surface area contributed by atoms with Crippen LogP contribution in [0.2, 0.25) is 0 Å². The van der Waals surface area contributed by atoms with Crippen LogP contribution in [0.4, 0.5) is 5.69 Å². The molecular weight excluding hydrogens is 326 g/mol. The normalized spacial score (nSPS) is 15.9. The Balaban J connectivity index is 0.00000242. The van der Waals surface area contributed by atoms with E-state index in [0.29, 0.717) is 23.2 Å². The Kier molecular flexibility index (Phi) is 7.81. The minimum Gasteiger partial charge on any atom is -0.465 e. The van der Waals surface area contributed by atoms with Crippen LogP contribution in [0, 0.1) is 0 Å². The maximum atomic E-state index is 12.1. The third-order valence-electron chi connectivity index (χ3n) is 3.67. The van der Waals surface area contributed by atoms with E-state index in [-0.39, 0.29) is 18.3 Å². The van der Waals surface area contributed by atoms with E-state index >= 15 is 0 Å². The van der Waals surface area contributed by atoms with Gasteiger partial charge < -0.3 is 15.4 Å². The predicted octanol–water partition coefficient (Wildman–Crippen LogP) is 1.58. The molecule has 1 fully saturated rings. The zero-order chi connectivity index (χ0) is 15.2. The summed E-state index contributed by atoms with van der Waals surface area (Å²) in [6, 6.07) is 2.27. The number of esters is 1. The minimum absolute atomic E-state index is 0. The molecule has 1 aromatic heterocycles. The Bertz CT molecular complexity index is 501. The third-order valence-corrected chi connectivity index (χ3v) is 4.57. The standard InChI is InChI=1S/C14H21N3O3S.ClH/c1-15-10-3-6-17(7-4-10)9-12(18)16-11-5-8-21-13(11)14(19)20-2;/h5,8,10,15H,3-4,6-7,9H2,1-2H3,(H,16,18);1H. The molecule has 22 heavy (non-hydrogen) atoms. The molecule has 0 unspecified atom stereocenters. The quantitative estimate of drug-likeness (QED) is 0.791. The van der Waals surface area contributed by atoms with Gasteiger partial charge in [0.15, 0.2) is 0 Å². The summed E-state index contributed by atoms with van der Waals surface area (Å²) < 4.78 is 4.69. The molecule has 2 N–H and O–H groups in total. The highest BCUT2D eigenvalue weighted by atomic mass is 35.5. The van der Waals surface area contributed by atoms with E-state index in [4.69, 9.17) is 4.74 Å². The van der Waals surface area contributed by atoms with E-state index in [1.54, 1.807) is 11.4 Å². The molecule has 6 nitrogen and oxygen atoms in total. The number of anilines is 1. The molecule has 1 amide bonds. The Morgan fingerprint density at radius 3 is 2.68 bits per heavy atom. The number of nitrogens with zero attached hydrogens (tertiary/aromatic N) is 1. The fourth-order valence-corrected chi connectivity index (χ4v) is 3.20. The Labute approximate surface area is 140 Å². The number of thiophene rings is 1. The first kappa shape index (κ1) is 18.9. The van der Waals surface area contributed by atoms with Crippen molar-refractivity contribution in [1.82, 2.24) is 10.2 Å². The van der Waals surface area contributed by atoms with Crippen molar-refractivity contribution in [2.45, 2.75) is 18.9 Å². The number of hydrogen-bond acceptors (Lipinski definition) is 6. The van der Waals surface area contributed by atoms with E-state index in [2.05, 4.69) is 15.5 Å². The average molecular weight is 348 g/mol. The van der Waals surface area contributed by atoms with Crippen molar-refractivity contribution in [2.75, 3.05) is 39.1 Å². The summed E-state index contributed by atoms with van der Waals surface area (Å²) in [4.78, 5) is 26.2. The van der Waals surface area contributed by atoms with Gasteiger partial charge in [-0.1, -0.05) is 0 Å². The number of carbonyl (C=O) groups excluding carboxylic acids is 2. The lowest BCUT2D eigenvalue weighted by Gasteiger charge is -2.31. The lowest BCUT2D eigenvalue weighted by atomic mass is 10.1. The van der Waals surface area contributed by atoms with Crippen molar-refractivity contribution in [1.29, 1.82) is 0 Å². The van der Waals surface area contributed by atoms with Gasteiger partial charge >= 0.3 is 5.97 Å². The number of carbonyl (C=O) groups is 2. The van der Waals surface area contributed by atoms with Crippen LogP contribution in [-0.2, 0) is 9.53 Å². The lowest BCUT2D eigenvalue weighted by Crippen LogP contribution is -2.44. The zero-order valence-corrected chi connectivity index (χ0v) is 14.4. The highest BCUT2D eigenvalue weighted by Crippen LogP contribution is 2.23. The van der Waals surface area contributed by atoms with Crippen LogP contribution in [0.5, 0.6) is 0 Å². The minimum atomic E-state index is -0.421. The summed E-state index contributed by atoms with van der Waals surface area (Å²) in [6.07, 6.45) is 2.10. The summed E-state index contributed by atoms with van der Waals surface area (Å²) in [6.45, 7) is 2.17. The van der Waals surface area contributed by atoms with Crippen LogP contribution in [-0.4, -0.2) is 56.6 Å². The molecule has 2 heterocycles. The van der Waals surface area contributed by atoms with Crippen LogP contribution < -0.4 is 10.6 Å². The summed E-state index contributed by atoms with van der Waals surface area (Å²) in [5.74, 6) is -0.517. The lowest BCUT2D eigenvalue weighted by molar-refractivity contribution is -0.117. The third kappa shape index (κ3) is 4.95. The number of methoxy groups -OCH3 is 1. The van der Waals surface area contributed by atoms with Crippen molar-refractivity contribution in [3.8, 4) is 0 Å². The largest absolute Gasteiger partial charge is 0.465 e. The predicted molar refractivity (Wildman–Crippen MR) is 90.1 cm³/mol. The number of hydrogen-bond donors (Lipinski definition) is 2. The smallest absolute Gasteiger partial charge is 0.350 e. The van der Waals surface area contributed by atoms with Crippen molar-refractivity contribution in [2.24, 2.45) is 0 Å². The first-order valence-electron chi connectivity index (χ1n) is 6.99. The molecule has 0 bridgehead atoms. The van der Waals surface area contributed by atoms with E-state index in [9.17, 15) is 9.59 Å². The number of piperidine rings is 1. The molecule has 2 rings (SSSR count). The molecule has 0 saturated carbocycles. The molecule has 0 aromatic carbocycles. The number of nitrogens with one attached hydrogen (secondary N) is 2. The maximum Gasteiger partial charge on any atom is 0.350 e. The van der Waals surface area contributed by atoms with Gasteiger partial charge in [-0.2, -0.15) is 0 Å². The number of rotatable bonds is 5. The summed E-state index contributed by atoms with van der Waals surface area (Å²) >= 11 is 1.26. The molecular formula is C14H22ClN3O3S. The molecule has 8 heteroatoms.